The lowest BCUT2D eigenvalue weighted by atomic mass is 9.87. The Morgan fingerprint density at radius 2 is 1.70 bits per heavy atom. The molecule has 2 aromatic rings. The summed E-state index contributed by atoms with van der Waals surface area (Å²) in [4.78, 5) is 20.2. The third kappa shape index (κ3) is 4.79. The predicted molar refractivity (Wildman–Crippen MR) is 107 cm³/mol. The van der Waals surface area contributed by atoms with Crippen LogP contribution in [0.2, 0.25) is 0 Å². The van der Waals surface area contributed by atoms with E-state index in [9.17, 15) is 4.79 Å². The van der Waals surface area contributed by atoms with Gasteiger partial charge in [-0.15, -0.1) is 0 Å². The Morgan fingerprint density at radius 1 is 1.04 bits per heavy atom. The SMILES string of the molecule is C[C@@H](Oc1ccc(C(C)(C)C)cc1)C(=O)N1CCN(c2cccc[nH+]2)CC1. The van der Waals surface area contributed by atoms with Crippen LogP contribution in [0.25, 0.3) is 0 Å². The Balaban J connectivity index is 1.54. The number of nitrogens with zero attached hydrogens (tertiary/aromatic N) is 2. The van der Waals surface area contributed by atoms with Crippen molar-refractivity contribution >= 4 is 11.7 Å². The lowest BCUT2D eigenvalue weighted by Crippen LogP contribution is -2.52. The molecule has 0 saturated carbocycles. The van der Waals surface area contributed by atoms with Crippen molar-refractivity contribution in [1.82, 2.24) is 4.90 Å². The van der Waals surface area contributed by atoms with E-state index in [2.05, 4.69) is 48.9 Å². The molecule has 0 aliphatic carbocycles. The summed E-state index contributed by atoms with van der Waals surface area (Å²) in [5.74, 6) is 1.88. The van der Waals surface area contributed by atoms with Crippen LogP contribution in [0.15, 0.2) is 48.7 Å². The summed E-state index contributed by atoms with van der Waals surface area (Å²) in [6.45, 7) is 11.4. The van der Waals surface area contributed by atoms with Crippen LogP contribution in [0.3, 0.4) is 0 Å². The smallest absolute Gasteiger partial charge is 0.274 e. The van der Waals surface area contributed by atoms with E-state index in [1.54, 1.807) is 0 Å². The molecule has 1 fully saturated rings. The highest BCUT2D eigenvalue weighted by Gasteiger charge is 2.29. The molecule has 1 N–H and O–H groups in total. The highest BCUT2D eigenvalue weighted by Crippen LogP contribution is 2.25. The zero-order valence-electron chi connectivity index (χ0n) is 16.7. The number of rotatable bonds is 4. The monoisotopic (exact) mass is 368 g/mol. The fourth-order valence-corrected chi connectivity index (χ4v) is 3.29. The number of ether oxygens (including phenoxy) is 1. The first-order chi connectivity index (χ1) is 12.8. The van der Waals surface area contributed by atoms with Crippen LogP contribution in [0.5, 0.6) is 5.75 Å². The van der Waals surface area contributed by atoms with Crippen molar-refractivity contribution in [2.45, 2.75) is 39.2 Å². The zero-order valence-corrected chi connectivity index (χ0v) is 16.7. The van der Waals surface area contributed by atoms with E-state index >= 15 is 0 Å². The standard InChI is InChI=1S/C22H29N3O2/c1-17(27-19-10-8-18(9-11-19)22(2,3)4)21(26)25-15-13-24(14-16-25)20-7-5-6-12-23-20/h5-12,17H,13-16H2,1-4H3/p+1/t17-/m1/s1. The van der Waals surface area contributed by atoms with Crippen molar-refractivity contribution in [3.05, 3.63) is 54.2 Å². The quantitative estimate of drug-likeness (QED) is 0.834. The van der Waals surface area contributed by atoms with Crippen molar-refractivity contribution in [1.29, 1.82) is 0 Å². The first-order valence-corrected chi connectivity index (χ1v) is 9.62. The maximum atomic E-state index is 12.7. The number of anilines is 1. The van der Waals surface area contributed by atoms with Gasteiger partial charge in [-0.25, -0.2) is 4.98 Å². The number of amides is 1. The zero-order chi connectivity index (χ0) is 19.4. The van der Waals surface area contributed by atoms with E-state index in [0.29, 0.717) is 13.1 Å². The summed E-state index contributed by atoms with van der Waals surface area (Å²) in [6, 6.07) is 14.1. The summed E-state index contributed by atoms with van der Waals surface area (Å²) in [7, 11) is 0. The molecular weight excluding hydrogens is 338 g/mol. The third-order valence-corrected chi connectivity index (χ3v) is 5.01. The number of aromatic amines is 1. The van der Waals surface area contributed by atoms with Gasteiger partial charge >= 0.3 is 0 Å². The molecule has 5 nitrogen and oxygen atoms in total. The Morgan fingerprint density at radius 3 is 2.26 bits per heavy atom. The van der Waals surface area contributed by atoms with Gasteiger partial charge in [-0.1, -0.05) is 39.0 Å². The Hall–Kier alpha value is -2.56. The Kier molecular flexibility index (Phi) is 5.68. The molecule has 144 valence electrons. The van der Waals surface area contributed by atoms with Gasteiger partial charge in [0.25, 0.3) is 11.7 Å². The number of benzene rings is 1. The largest absolute Gasteiger partial charge is 0.481 e. The van der Waals surface area contributed by atoms with Crippen LogP contribution in [-0.2, 0) is 10.2 Å². The average Bonchev–Trinajstić information content (AvgIpc) is 2.68. The van der Waals surface area contributed by atoms with Crippen LogP contribution < -0.4 is 14.6 Å². The highest BCUT2D eigenvalue weighted by atomic mass is 16.5. The van der Waals surface area contributed by atoms with Crippen LogP contribution in [0, 0.1) is 0 Å². The molecule has 1 aliphatic heterocycles. The molecule has 27 heavy (non-hydrogen) atoms. The predicted octanol–water partition coefficient (Wildman–Crippen LogP) is 2.91. The van der Waals surface area contributed by atoms with Crippen molar-refractivity contribution in [3.8, 4) is 5.75 Å². The lowest BCUT2D eigenvalue weighted by Gasteiger charge is -2.32. The number of pyridine rings is 1. The van der Waals surface area contributed by atoms with Crippen LogP contribution >= 0.6 is 0 Å². The number of hydrogen-bond donors (Lipinski definition) is 0. The molecule has 0 unspecified atom stereocenters. The molecule has 0 spiro atoms. The van der Waals surface area contributed by atoms with Crippen molar-refractivity contribution < 1.29 is 14.5 Å². The van der Waals surface area contributed by atoms with Gasteiger partial charge in [-0.2, -0.15) is 0 Å². The van der Waals surface area contributed by atoms with Crippen molar-refractivity contribution in [3.63, 3.8) is 0 Å². The minimum Gasteiger partial charge on any atom is -0.481 e. The Bertz CT molecular complexity index is 745. The number of hydrogen-bond acceptors (Lipinski definition) is 3. The summed E-state index contributed by atoms with van der Waals surface area (Å²) in [5.41, 5.74) is 1.36. The van der Waals surface area contributed by atoms with Gasteiger partial charge in [0, 0.05) is 6.07 Å². The summed E-state index contributed by atoms with van der Waals surface area (Å²) in [6.07, 6.45) is 1.44. The van der Waals surface area contributed by atoms with Crippen LogP contribution in [0.4, 0.5) is 5.82 Å². The van der Waals surface area contributed by atoms with E-state index < -0.39 is 6.10 Å². The van der Waals surface area contributed by atoms with Crippen LogP contribution in [0.1, 0.15) is 33.3 Å². The van der Waals surface area contributed by atoms with Gasteiger partial charge in [0.1, 0.15) is 18.8 Å². The Labute approximate surface area is 162 Å². The van der Waals surface area contributed by atoms with E-state index in [4.69, 9.17) is 4.74 Å². The molecule has 2 heterocycles. The average molecular weight is 369 g/mol. The second-order valence-electron chi connectivity index (χ2n) is 8.09. The molecule has 1 saturated heterocycles. The van der Waals surface area contributed by atoms with Gasteiger partial charge in [0.05, 0.1) is 19.3 Å². The number of piperazine rings is 1. The second-order valence-corrected chi connectivity index (χ2v) is 8.09. The molecule has 1 aliphatic rings. The normalized spacial score (nSPS) is 16.1. The molecule has 1 aromatic heterocycles. The lowest BCUT2D eigenvalue weighted by molar-refractivity contribution is -0.364. The summed E-state index contributed by atoms with van der Waals surface area (Å²) >= 11 is 0. The minimum atomic E-state index is -0.486. The molecule has 3 rings (SSSR count). The topological polar surface area (TPSA) is 46.9 Å². The first kappa shape index (κ1) is 19.2. The minimum absolute atomic E-state index is 0.0478. The van der Waals surface area contributed by atoms with Gasteiger partial charge < -0.3 is 9.64 Å². The molecule has 0 bridgehead atoms. The first-order valence-electron chi connectivity index (χ1n) is 9.62. The van der Waals surface area contributed by atoms with Crippen LogP contribution in [-0.4, -0.2) is 43.1 Å². The number of carbonyl (C=O) groups is 1. The maximum absolute atomic E-state index is 12.7. The summed E-state index contributed by atoms with van der Waals surface area (Å²) < 4.78 is 5.90. The fraction of sp³-hybridized carbons (Fsp3) is 0.455. The van der Waals surface area contributed by atoms with E-state index in [0.717, 1.165) is 24.7 Å². The van der Waals surface area contributed by atoms with Crippen molar-refractivity contribution in [2.75, 3.05) is 31.1 Å². The van der Waals surface area contributed by atoms with E-state index in [-0.39, 0.29) is 11.3 Å². The van der Waals surface area contributed by atoms with Gasteiger partial charge in [-0.05, 0) is 36.1 Å². The number of carbonyl (C=O) groups excluding carboxylic acids is 1. The molecular formula is C22H30N3O2+. The number of aromatic nitrogens is 1. The molecule has 5 heteroatoms. The molecule has 1 atom stereocenters. The number of nitrogens with one attached hydrogen (secondary N) is 1. The molecule has 1 aromatic carbocycles. The van der Waals surface area contributed by atoms with E-state index in [1.165, 1.54) is 5.56 Å². The third-order valence-electron chi connectivity index (χ3n) is 5.01. The van der Waals surface area contributed by atoms with Gasteiger partial charge in [-0.3, -0.25) is 9.69 Å². The fourth-order valence-electron chi connectivity index (χ4n) is 3.29. The van der Waals surface area contributed by atoms with E-state index in [1.807, 2.05) is 42.3 Å². The molecule has 0 radical (unpaired) electrons. The second kappa shape index (κ2) is 7.99. The highest BCUT2D eigenvalue weighted by molar-refractivity contribution is 5.81. The maximum Gasteiger partial charge on any atom is 0.274 e. The summed E-state index contributed by atoms with van der Waals surface area (Å²) in [5, 5.41) is 0. The van der Waals surface area contributed by atoms with Gasteiger partial charge in [0.2, 0.25) is 0 Å². The van der Waals surface area contributed by atoms with Crippen molar-refractivity contribution in [2.24, 2.45) is 0 Å². The molecule has 1 amide bonds. The van der Waals surface area contributed by atoms with Gasteiger partial charge in [0.15, 0.2) is 6.10 Å². The number of H-pyrrole nitrogens is 1.